The Labute approximate surface area is 70.3 Å². The van der Waals surface area contributed by atoms with Crippen LogP contribution >= 0.6 is 0 Å². The van der Waals surface area contributed by atoms with E-state index in [1.807, 2.05) is 0 Å². The van der Waals surface area contributed by atoms with E-state index in [0.717, 1.165) is 0 Å². The van der Waals surface area contributed by atoms with Gasteiger partial charge >= 0.3 is 5.97 Å². The van der Waals surface area contributed by atoms with Gasteiger partial charge in [-0.25, -0.2) is 0 Å². The standard InChI is InChI=1S/C7H12N2O3/c1-7(2,6(11)12)4-9-5(10)3-8/h3,8H,4H2,1-2H3,(H,9,10)(H,11,12). The quantitative estimate of drug-likeness (QED) is 0.515. The molecule has 0 atom stereocenters. The molecule has 0 aromatic heterocycles. The number of hydrogen-bond acceptors (Lipinski definition) is 3. The van der Waals surface area contributed by atoms with Crippen LogP contribution in [0.15, 0.2) is 0 Å². The van der Waals surface area contributed by atoms with Gasteiger partial charge in [-0.2, -0.15) is 0 Å². The van der Waals surface area contributed by atoms with Crippen molar-refractivity contribution in [2.75, 3.05) is 6.54 Å². The second-order valence-electron chi connectivity index (χ2n) is 3.05. The third-order valence-electron chi connectivity index (χ3n) is 1.41. The van der Waals surface area contributed by atoms with Crippen LogP contribution in [0.5, 0.6) is 0 Å². The van der Waals surface area contributed by atoms with Crippen LogP contribution in [0.4, 0.5) is 0 Å². The molecular weight excluding hydrogens is 160 g/mol. The van der Waals surface area contributed by atoms with Crippen molar-refractivity contribution in [3.05, 3.63) is 0 Å². The SMILES string of the molecule is CC(C)(CNC(=O)C=N)C(=O)O. The molecule has 5 nitrogen and oxygen atoms in total. The fraction of sp³-hybridized carbons (Fsp3) is 0.571. The molecule has 3 N–H and O–H groups in total. The summed E-state index contributed by atoms with van der Waals surface area (Å²) in [4.78, 5) is 21.0. The van der Waals surface area contributed by atoms with Gasteiger partial charge < -0.3 is 15.8 Å². The van der Waals surface area contributed by atoms with Gasteiger partial charge in [-0.3, -0.25) is 9.59 Å². The summed E-state index contributed by atoms with van der Waals surface area (Å²) in [5.41, 5.74) is -0.987. The first kappa shape index (κ1) is 10.6. The molecule has 0 aromatic rings. The topological polar surface area (TPSA) is 90.3 Å². The van der Waals surface area contributed by atoms with Gasteiger partial charge in [0.05, 0.1) is 11.6 Å². The highest BCUT2D eigenvalue weighted by atomic mass is 16.4. The van der Waals surface area contributed by atoms with E-state index in [9.17, 15) is 9.59 Å². The van der Waals surface area contributed by atoms with Gasteiger partial charge in [0.15, 0.2) is 0 Å². The summed E-state index contributed by atoms with van der Waals surface area (Å²) in [5, 5.41) is 17.4. The molecule has 0 unspecified atom stereocenters. The van der Waals surface area contributed by atoms with Crippen molar-refractivity contribution in [1.29, 1.82) is 5.41 Å². The number of carboxylic acid groups (broad SMARTS) is 1. The molecule has 68 valence electrons. The van der Waals surface area contributed by atoms with E-state index < -0.39 is 17.3 Å². The normalized spacial score (nSPS) is 10.5. The van der Waals surface area contributed by atoms with Crippen LogP contribution in [0, 0.1) is 10.8 Å². The number of rotatable bonds is 4. The van der Waals surface area contributed by atoms with Gasteiger partial charge in [-0.05, 0) is 13.8 Å². The van der Waals surface area contributed by atoms with Gasteiger partial charge in [-0.15, -0.1) is 0 Å². The molecule has 0 saturated carbocycles. The number of carbonyl (C=O) groups is 2. The predicted octanol–water partition coefficient (Wildman–Crippen LogP) is -0.137. The molecule has 5 heteroatoms. The lowest BCUT2D eigenvalue weighted by Gasteiger charge is -2.18. The largest absolute Gasteiger partial charge is 0.481 e. The van der Waals surface area contributed by atoms with E-state index in [1.54, 1.807) is 0 Å². The average Bonchev–Trinajstić information content (AvgIpc) is 2.00. The number of carboxylic acids is 1. The highest BCUT2D eigenvalue weighted by Gasteiger charge is 2.27. The molecular formula is C7H12N2O3. The minimum absolute atomic E-state index is 0.0244. The summed E-state index contributed by atoms with van der Waals surface area (Å²) >= 11 is 0. The van der Waals surface area contributed by atoms with E-state index in [2.05, 4.69) is 5.32 Å². The molecule has 0 bridgehead atoms. The van der Waals surface area contributed by atoms with Gasteiger partial charge in [0.25, 0.3) is 5.91 Å². The molecule has 12 heavy (non-hydrogen) atoms. The number of hydrogen-bond donors (Lipinski definition) is 3. The minimum atomic E-state index is -0.987. The van der Waals surface area contributed by atoms with E-state index in [4.69, 9.17) is 10.5 Å². The van der Waals surface area contributed by atoms with Crippen LogP contribution < -0.4 is 5.32 Å². The number of nitrogens with one attached hydrogen (secondary N) is 2. The zero-order chi connectivity index (χ0) is 9.78. The summed E-state index contributed by atoms with van der Waals surface area (Å²) in [7, 11) is 0. The molecule has 0 fully saturated rings. The Hall–Kier alpha value is -1.39. The highest BCUT2D eigenvalue weighted by molar-refractivity contribution is 6.24. The Balaban J connectivity index is 4.00. The van der Waals surface area contributed by atoms with Crippen molar-refractivity contribution < 1.29 is 14.7 Å². The van der Waals surface area contributed by atoms with E-state index in [-0.39, 0.29) is 6.54 Å². The fourth-order valence-corrected chi connectivity index (χ4v) is 0.435. The first-order chi connectivity index (χ1) is 5.40. The Morgan fingerprint density at radius 2 is 2.08 bits per heavy atom. The molecule has 0 heterocycles. The Morgan fingerprint density at radius 1 is 1.58 bits per heavy atom. The van der Waals surface area contributed by atoms with Crippen molar-refractivity contribution >= 4 is 18.1 Å². The predicted molar refractivity (Wildman–Crippen MR) is 43.2 cm³/mol. The highest BCUT2D eigenvalue weighted by Crippen LogP contribution is 2.12. The summed E-state index contributed by atoms with van der Waals surface area (Å²) in [6.07, 6.45) is 0.609. The van der Waals surface area contributed by atoms with Crippen LogP contribution in [0.2, 0.25) is 0 Å². The number of carbonyl (C=O) groups excluding carboxylic acids is 1. The number of amides is 1. The van der Waals surface area contributed by atoms with Crippen LogP contribution in [0.1, 0.15) is 13.8 Å². The molecule has 0 spiro atoms. The smallest absolute Gasteiger partial charge is 0.310 e. The molecule has 0 aliphatic heterocycles. The molecule has 0 aromatic carbocycles. The van der Waals surface area contributed by atoms with Crippen molar-refractivity contribution in [2.45, 2.75) is 13.8 Å². The Morgan fingerprint density at radius 3 is 2.42 bits per heavy atom. The molecule has 1 amide bonds. The summed E-state index contributed by atoms with van der Waals surface area (Å²) in [6, 6.07) is 0. The monoisotopic (exact) mass is 172 g/mol. The minimum Gasteiger partial charge on any atom is -0.481 e. The maximum Gasteiger partial charge on any atom is 0.310 e. The zero-order valence-electron chi connectivity index (χ0n) is 7.05. The van der Waals surface area contributed by atoms with Gasteiger partial charge in [0, 0.05) is 6.54 Å². The second kappa shape index (κ2) is 3.85. The lowest BCUT2D eigenvalue weighted by atomic mass is 9.94. The maximum atomic E-state index is 10.5. The zero-order valence-corrected chi connectivity index (χ0v) is 7.05. The summed E-state index contributed by atoms with van der Waals surface area (Å²) in [5.74, 6) is -1.56. The lowest BCUT2D eigenvalue weighted by Crippen LogP contribution is -2.39. The first-order valence-corrected chi connectivity index (χ1v) is 3.42. The summed E-state index contributed by atoms with van der Waals surface area (Å²) < 4.78 is 0. The van der Waals surface area contributed by atoms with Crippen molar-refractivity contribution in [3.63, 3.8) is 0 Å². The van der Waals surface area contributed by atoms with Crippen LogP contribution in [-0.2, 0) is 9.59 Å². The Bertz CT molecular complexity index is 211. The average molecular weight is 172 g/mol. The molecule has 0 saturated heterocycles. The van der Waals surface area contributed by atoms with Gasteiger partial charge in [-0.1, -0.05) is 0 Å². The van der Waals surface area contributed by atoms with Gasteiger partial charge in [0.1, 0.15) is 0 Å². The molecule has 0 aliphatic rings. The third-order valence-corrected chi connectivity index (χ3v) is 1.41. The van der Waals surface area contributed by atoms with E-state index >= 15 is 0 Å². The Kier molecular flexibility index (Phi) is 3.40. The fourth-order valence-electron chi connectivity index (χ4n) is 0.435. The molecule has 0 rings (SSSR count). The van der Waals surface area contributed by atoms with Crippen molar-refractivity contribution in [2.24, 2.45) is 5.41 Å². The van der Waals surface area contributed by atoms with E-state index in [0.29, 0.717) is 6.21 Å². The summed E-state index contributed by atoms with van der Waals surface area (Å²) in [6.45, 7) is 3.02. The number of aliphatic carboxylic acids is 1. The molecule has 0 radical (unpaired) electrons. The maximum absolute atomic E-state index is 10.5. The first-order valence-electron chi connectivity index (χ1n) is 3.42. The second-order valence-corrected chi connectivity index (χ2v) is 3.05. The third kappa shape index (κ3) is 3.14. The van der Waals surface area contributed by atoms with Crippen LogP contribution in [0.3, 0.4) is 0 Å². The van der Waals surface area contributed by atoms with Gasteiger partial charge in [0.2, 0.25) is 0 Å². The van der Waals surface area contributed by atoms with E-state index in [1.165, 1.54) is 13.8 Å². The van der Waals surface area contributed by atoms with Crippen molar-refractivity contribution in [1.82, 2.24) is 5.32 Å². The van der Waals surface area contributed by atoms with Crippen LogP contribution in [0.25, 0.3) is 0 Å². The lowest BCUT2D eigenvalue weighted by molar-refractivity contribution is -0.146. The molecule has 0 aliphatic carbocycles. The van der Waals surface area contributed by atoms with Crippen molar-refractivity contribution in [3.8, 4) is 0 Å². The van der Waals surface area contributed by atoms with Crippen LogP contribution in [-0.4, -0.2) is 29.7 Å².